The molecule has 0 bridgehead atoms. The highest BCUT2D eigenvalue weighted by atomic mass is 16.5. The zero-order chi connectivity index (χ0) is 22.0. The Hall–Kier alpha value is -3.61. The number of aryl methyl sites for hydroxylation is 1. The Kier molecular flexibility index (Phi) is 5.75. The van der Waals surface area contributed by atoms with Crippen LogP contribution in [0.25, 0.3) is 22.0 Å². The van der Waals surface area contributed by atoms with Gasteiger partial charge in [0.15, 0.2) is 0 Å². The molecule has 1 N–H and O–H groups in total. The van der Waals surface area contributed by atoms with Crippen molar-refractivity contribution in [2.75, 3.05) is 0 Å². The van der Waals surface area contributed by atoms with Gasteiger partial charge in [0.05, 0.1) is 29.2 Å². The first kappa shape index (κ1) is 20.7. The fourth-order valence-electron chi connectivity index (χ4n) is 3.66. The number of nitrogens with zero attached hydrogens (tertiary/aromatic N) is 2. The summed E-state index contributed by atoms with van der Waals surface area (Å²) in [5.74, 6) is 0.998. The average Bonchev–Trinajstić information content (AvgIpc) is 3.08. The number of amides is 1. The summed E-state index contributed by atoms with van der Waals surface area (Å²) in [6.45, 7) is 6.99. The van der Waals surface area contributed by atoms with Gasteiger partial charge in [-0.25, -0.2) is 9.78 Å². The number of imidazole rings is 1. The molecule has 2 aromatic heterocycles. The summed E-state index contributed by atoms with van der Waals surface area (Å²) < 4.78 is 13.1. The molecule has 0 fully saturated rings. The Balaban J connectivity index is 1.63. The van der Waals surface area contributed by atoms with E-state index in [0.717, 1.165) is 29.8 Å². The van der Waals surface area contributed by atoms with Gasteiger partial charge in [-0.1, -0.05) is 19.1 Å². The van der Waals surface area contributed by atoms with E-state index in [1.54, 1.807) is 18.2 Å². The Bertz CT molecular complexity index is 1300. The molecule has 0 aliphatic rings. The topological polar surface area (TPSA) is 86.4 Å². The lowest BCUT2D eigenvalue weighted by Gasteiger charge is -2.12. The van der Waals surface area contributed by atoms with Gasteiger partial charge in [0.1, 0.15) is 17.2 Å². The van der Waals surface area contributed by atoms with Crippen LogP contribution in [0, 0.1) is 0 Å². The maximum atomic E-state index is 13.0. The van der Waals surface area contributed by atoms with Gasteiger partial charge in [-0.15, -0.1) is 0 Å². The second-order valence-corrected chi connectivity index (χ2v) is 7.65. The fourth-order valence-corrected chi connectivity index (χ4v) is 3.66. The summed E-state index contributed by atoms with van der Waals surface area (Å²) in [5, 5.41) is 3.46. The third-order valence-corrected chi connectivity index (χ3v) is 4.92. The van der Waals surface area contributed by atoms with Gasteiger partial charge < -0.3 is 19.0 Å². The fraction of sp³-hybridized carbons (Fsp3) is 0.292. The van der Waals surface area contributed by atoms with Crippen LogP contribution < -0.4 is 15.7 Å². The van der Waals surface area contributed by atoms with Crippen molar-refractivity contribution in [2.24, 2.45) is 0 Å². The highest BCUT2D eigenvalue weighted by molar-refractivity contribution is 6.05. The minimum Gasteiger partial charge on any atom is -0.491 e. The number of carbonyl (C=O) groups excluding carboxylic acids is 1. The van der Waals surface area contributed by atoms with E-state index in [1.165, 1.54) is 6.07 Å². The number of para-hydroxylation sites is 2. The number of rotatable bonds is 7. The summed E-state index contributed by atoms with van der Waals surface area (Å²) in [7, 11) is 0. The summed E-state index contributed by atoms with van der Waals surface area (Å²) in [6, 6.07) is 14.3. The van der Waals surface area contributed by atoms with Crippen LogP contribution in [0.4, 0.5) is 0 Å². The lowest BCUT2D eigenvalue weighted by molar-refractivity contribution is 0.0950. The molecule has 160 valence electrons. The highest BCUT2D eigenvalue weighted by Gasteiger charge is 2.16. The standard InChI is InChI=1S/C24H25N3O4/c1-4-11-27-20-8-6-5-7-19(20)26-22(27)14-25-24(29)18-13-23(28)31-21-12-16(30-15(2)3)9-10-17(18)21/h5-10,12-13,15H,4,11,14H2,1-3H3,(H,25,29). The molecular weight excluding hydrogens is 394 g/mol. The van der Waals surface area contributed by atoms with Crippen LogP contribution in [0.3, 0.4) is 0 Å². The molecular formula is C24H25N3O4. The molecule has 2 heterocycles. The molecule has 0 unspecified atom stereocenters. The molecule has 0 radical (unpaired) electrons. The van der Waals surface area contributed by atoms with E-state index in [9.17, 15) is 9.59 Å². The predicted octanol–water partition coefficient (Wildman–Crippen LogP) is 4.27. The van der Waals surface area contributed by atoms with E-state index in [2.05, 4.69) is 21.8 Å². The van der Waals surface area contributed by atoms with E-state index >= 15 is 0 Å². The molecule has 4 rings (SSSR count). The van der Waals surface area contributed by atoms with Crippen molar-refractivity contribution in [1.29, 1.82) is 0 Å². The molecule has 31 heavy (non-hydrogen) atoms. The van der Waals surface area contributed by atoms with Crippen molar-refractivity contribution in [3.05, 3.63) is 70.3 Å². The van der Waals surface area contributed by atoms with Crippen molar-refractivity contribution >= 4 is 27.9 Å². The third kappa shape index (κ3) is 4.30. The lowest BCUT2D eigenvalue weighted by atomic mass is 10.1. The zero-order valence-electron chi connectivity index (χ0n) is 17.8. The molecule has 1 amide bonds. The minimum atomic E-state index is -0.586. The van der Waals surface area contributed by atoms with Gasteiger partial charge in [-0.05, 0) is 44.5 Å². The molecule has 7 nitrogen and oxygen atoms in total. The number of fused-ring (bicyclic) bond motifs is 2. The number of ether oxygens (including phenoxy) is 1. The van der Waals surface area contributed by atoms with Crippen LogP contribution in [0.5, 0.6) is 5.75 Å². The zero-order valence-corrected chi connectivity index (χ0v) is 17.8. The molecule has 0 atom stereocenters. The number of hydrogen-bond acceptors (Lipinski definition) is 5. The minimum absolute atomic E-state index is 0.0157. The Labute approximate surface area is 179 Å². The molecule has 0 saturated heterocycles. The Morgan fingerprint density at radius 2 is 2.00 bits per heavy atom. The number of carbonyl (C=O) groups is 1. The smallest absolute Gasteiger partial charge is 0.337 e. The Morgan fingerprint density at radius 3 is 2.77 bits per heavy atom. The van der Waals surface area contributed by atoms with Crippen molar-refractivity contribution in [3.8, 4) is 5.75 Å². The summed E-state index contributed by atoms with van der Waals surface area (Å²) >= 11 is 0. The number of nitrogens with one attached hydrogen (secondary N) is 1. The molecule has 2 aromatic carbocycles. The number of aromatic nitrogens is 2. The van der Waals surface area contributed by atoms with Crippen LogP contribution in [0.2, 0.25) is 0 Å². The van der Waals surface area contributed by atoms with Crippen LogP contribution in [-0.4, -0.2) is 21.6 Å². The van der Waals surface area contributed by atoms with Crippen molar-refractivity contribution in [1.82, 2.24) is 14.9 Å². The average molecular weight is 419 g/mol. The normalized spacial score (nSPS) is 11.4. The van der Waals surface area contributed by atoms with Gasteiger partial charge in [0.25, 0.3) is 5.91 Å². The van der Waals surface area contributed by atoms with E-state index in [4.69, 9.17) is 9.15 Å². The second kappa shape index (κ2) is 8.63. The maximum absolute atomic E-state index is 13.0. The summed E-state index contributed by atoms with van der Waals surface area (Å²) in [4.78, 5) is 29.7. The predicted molar refractivity (Wildman–Crippen MR) is 119 cm³/mol. The maximum Gasteiger partial charge on any atom is 0.337 e. The first-order valence-electron chi connectivity index (χ1n) is 10.4. The number of benzene rings is 2. The van der Waals surface area contributed by atoms with Crippen molar-refractivity contribution in [3.63, 3.8) is 0 Å². The Morgan fingerprint density at radius 1 is 1.19 bits per heavy atom. The van der Waals surface area contributed by atoms with Crippen LogP contribution in [-0.2, 0) is 13.1 Å². The molecule has 0 spiro atoms. The SMILES string of the molecule is CCCn1c(CNC(=O)c2cc(=O)oc3cc(OC(C)C)ccc23)nc2ccccc21. The summed E-state index contributed by atoms with van der Waals surface area (Å²) in [6.07, 6.45) is 0.935. The largest absolute Gasteiger partial charge is 0.491 e. The molecule has 0 saturated carbocycles. The van der Waals surface area contributed by atoms with E-state index in [-0.39, 0.29) is 24.1 Å². The molecule has 7 heteroatoms. The first-order chi connectivity index (χ1) is 15.0. The van der Waals surface area contributed by atoms with E-state index < -0.39 is 5.63 Å². The van der Waals surface area contributed by atoms with E-state index in [1.807, 2.05) is 38.1 Å². The molecule has 0 aliphatic heterocycles. The molecule has 0 aliphatic carbocycles. The number of hydrogen-bond donors (Lipinski definition) is 1. The van der Waals surface area contributed by atoms with Gasteiger partial charge in [-0.3, -0.25) is 4.79 Å². The second-order valence-electron chi connectivity index (χ2n) is 7.65. The third-order valence-electron chi connectivity index (χ3n) is 4.92. The van der Waals surface area contributed by atoms with Gasteiger partial charge in [-0.2, -0.15) is 0 Å². The van der Waals surface area contributed by atoms with Crippen molar-refractivity contribution < 1.29 is 13.9 Å². The van der Waals surface area contributed by atoms with Crippen LogP contribution in [0.1, 0.15) is 43.4 Å². The van der Waals surface area contributed by atoms with Gasteiger partial charge in [0.2, 0.25) is 0 Å². The highest BCUT2D eigenvalue weighted by Crippen LogP contribution is 2.24. The van der Waals surface area contributed by atoms with Gasteiger partial charge in [0, 0.05) is 24.1 Å². The first-order valence-corrected chi connectivity index (χ1v) is 10.4. The van der Waals surface area contributed by atoms with Crippen LogP contribution in [0.15, 0.2) is 57.7 Å². The van der Waals surface area contributed by atoms with Gasteiger partial charge >= 0.3 is 5.63 Å². The summed E-state index contributed by atoms with van der Waals surface area (Å²) in [5.41, 5.74) is 1.92. The molecule has 4 aromatic rings. The lowest BCUT2D eigenvalue weighted by Crippen LogP contribution is -2.26. The quantitative estimate of drug-likeness (QED) is 0.452. The monoisotopic (exact) mass is 419 g/mol. The van der Waals surface area contributed by atoms with Crippen LogP contribution >= 0.6 is 0 Å². The van der Waals surface area contributed by atoms with Crippen molar-refractivity contribution in [2.45, 2.75) is 46.4 Å². The van der Waals surface area contributed by atoms with E-state index in [0.29, 0.717) is 16.7 Å².